The zero-order chi connectivity index (χ0) is 43.8. The van der Waals surface area contributed by atoms with Crippen molar-refractivity contribution in [1.82, 2.24) is 0 Å². The first-order valence-electron chi connectivity index (χ1n) is 21.4. The average Bonchev–Trinajstić information content (AvgIpc) is 3.30. The number of hydrogen-bond donors (Lipinski definition) is 0. The van der Waals surface area contributed by atoms with E-state index in [1.807, 2.05) is 17.3 Å². The molecule has 0 unspecified atom stereocenters. The second-order valence-electron chi connectivity index (χ2n) is 16.7. The maximum atomic E-state index is 4.57. The number of hydrogen-bond acceptors (Lipinski definition) is 0. The van der Waals surface area contributed by atoms with Gasteiger partial charge in [0.05, 0.1) is 15.8 Å². The van der Waals surface area contributed by atoms with Crippen molar-refractivity contribution < 1.29 is 17.3 Å². The van der Waals surface area contributed by atoms with Crippen molar-refractivity contribution in [3.8, 4) is 11.1 Å². The van der Waals surface area contributed by atoms with Crippen LogP contribution in [0.5, 0.6) is 0 Å². The van der Waals surface area contributed by atoms with Crippen LogP contribution in [0.4, 0.5) is 0 Å². The van der Waals surface area contributed by atoms with Crippen LogP contribution in [0, 0.1) is 34.6 Å². The van der Waals surface area contributed by atoms with E-state index < -0.39 is 15.8 Å². The average molecular weight is 952 g/mol. The molecule has 0 saturated carbocycles. The van der Waals surface area contributed by atoms with Crippen molar-refractivity contribution in [1.29, 1.82) is 0 Å². The Labute approximate surface area is 386 Å². The molecule has 62 heavy (non-hydrogen) atoms. The molecule has 0 heterocycles. The summed E-state index contributed by atoms with van der Waals surface area (Å²) in [6.45, 7) is 15.3. The molecule has 0 aliphatic heterocycles. The van der Waals surface area contributed by atoms with Crippen molar-refractivity contribution in [3.63, 3.8) is 0 Å². The van der Waals surface area contributed by atoms with Gasteiger partial charge in [0, 0.05) is 11.1 Å². The van der Waals surface area contributed by atoms with Crippen LogP contribution in [0.2, 0.25) is 0 Å². The summed E-state index contributed by atoms with van der Waals surface area (Å²) in [6.07, 6.45) is 0. The van der Waals surface area contributed by atoms with Crippen molar-refractivity contribution >= 4 is 78.9 Å². The van der Waals surface area contributed by atoms with Gasteiger partial charge in [0.2, 0.25) is 0 Å². The van der Waals surface area contributed by atoms with Gasteiger partial charge >= 0.3 is 27.0 Å². The van der Waals surface area contributed by atoms with Crippen LogP contribution in [-0.2, 0) is 17.3 Å². The van der Waals surface area contributed by atoms with E-state index in [1.165, 1.54) is 97.9 Å². The Morgan fingerprint density at radius 2 is 0.613 bits per heavy atom. The van der Waals surface area contributed by atoms with Gasteiger partial charge in [-0.1, -0.05) is 175 Å². The molecule has 0 bridgehead atoms. The number of aryl methyl sites for hydroxylation is 5. The first kappa shape index (κ1) is 45.3. The first-order valence-corrected chi connectivity index (χ1v) is 26.6. The van der Waals surface area contributed by atoms with E-state index >= 15 is 0 Å². The van der Waals surface area contributed by atoms with Gasteiger partial charge in [-0.25, -0.2) is 0 Å². The molecule has 9 rings (SSSR count). The molecule has 0 atom stereocenters. The normalized spacial score (nSPS) is 11.1. The van der Waals surface area contributed by atoms with Gasteiger partial charge in [-0.05, 0) is 128 Å². The van der Waals surface area contributed by atoms with Crippen LogP contribution >= 0.6 is 25.5 Å². The summed E-state index contributed by atoms with van der Waals surface area (Å²) in [5.74, 6) is 0.653. The van der Waals surface area contributed by atoms with Crippen LogP contribution in [-0.4, -0.2) is 0 Å². The Morgan fingerprint density at radius 3 is 0.903 bits per heavy atom. The van der Waals surface area contributed by atoms with E-state index in [1.54, 1.807) is 0 Å². The van der Waals surface area contributed by atoms with E-state index in [9.17, 15) is 0 Å². The van der Waals surface area contributed by atoms with E-state index in [2.05, 4.69) is 252 Å². The van der Waals surface area contributed by atoms with Gasteiger partial charge in [-0.3, -0.25) is 0 Å². The van der Waals surface area contributed by atoms with Crippen molar-refractivity contribution in [2.24, 2.45) is 0 Å². The summed E-state index contributed by atoms with van der Waals surface area (Å²) >= 11 is 1.82. The standard InChI is InChI=1S/C48H40P2.C10H14.ClH.Ru/c1-33-13-23-39(24-14-33)49(40-25-15-34(2)16-26-40)45-31-21-37-9-5-7-11-43(37)47(45)48-44-12-8-6-10-38(44)22-32-46(48)50(41-27-17-35(3)18-28-41)42-29-19-36(4)20-30-42;1-8(2)10-6-4-9(3)5-7-10;;/h5-32H,1-4H3;4-8H,1-3H3;1H;/q;;;+1/p+1. The number of rotatable bonds is 8. The van der Waals surface area contributed by atoms with Gasteiger partial charge in [0.15, 0.2) is 0 Å². The molecule has 0 N–H and O–H groups in total. The second-order valence-corrected chi connectivity index (χ2v) is 21.6. The SMILES string of the molecule is Cc1ccc(C(C)C)cc1.Cc1ccc([PH+](c2ccc(C)cc2)c2ccc3ccccc3c2-c2c([PH+](c3ccc(C)cc3)c3ccc(C)cc3)ccc3ccccc23)cc1.[Cl][Ru]. The zero-order valence-corrected chi connectivity index (χ0v) is 41.3. The Kier molecular flexibility index (Phi) is 15.4. The molecule has 0 saturated heterocycles. The fraction of sp³-hybridized carbons (Fsp3) is 0.138. The molecule has 9 aromatic carbocycles. The zero-order valence-electron chi connectivity index (χ0n) is 36.8. The summed E-state index contributed by atoms with van der Waals surface area (Å²) < 4.78 is 0. The van der Waals surface area contributed by atoms with Crippen LogP contribution in [0.3, 0.4) is 0 Å². The second kappa shape index (κ2) is 21.1. The fourth-order valence-electron chi connectivity index (χ4n) is 8.29. The van der Waals surface area contributed by atoms with Crippen LogP contribution in [0.25, 0.3) is 32.7 Å². The summed E-state index contributed by atoms with van der Waals surface area (Å²) in [7, 11) is 1.74. The molecular formula is C58H56ClP2Ru+2. The van der Waals surface area contributed by atoms with Crippen molar-refractivity contribution in [3.05, 3.63) is 228 Å². The van der Waals surface area contributed by atoms with Crippen molar-refractivity contribution in [2.75, 3.05) is 0 Å². The third-order valence-electron chi connectivity index (χ3n) is 11.8. The minimum atomic E-state index is -1.42. The molecule has 0 spiro atoms. The minimum absolute atomic E-state index is 0.653. The van der Waals surface area contributed by atoms with Gasteiger partial charge < -0.3 is 0 Å². The number of fused-ring (bicyclic) bond motifs is 2. The topological polar surface area (TPSA) is 0 Å². The van der Waals surface area contributed by atoms with Gasteiger partial charge in [0.25, 0.3) is 0 Å². The van der Waals surface area contributed by atoms with Gasteiger partial charge in [-0.2, -0.15) is 0 Å². The van der Waals surface area contributed by atoms with Crippen LogP contribution < -0.4 is 31.8 Å². The number of halogens is 1. The van der Waals surface area contributed by atoms with Crippen molar-refractivity contribution in [2.45, 2.75) is 54.4 Å². The van der Waals surface area contributed by atoms with Crippen LogP contribution in [0.1, 0.15) is 53.1 Å². The Hall–Kier alpha value is -4.73. The molecule has 0 aliphatic rings. The molecule has 0 fully saturated rings. The van der Waals surface area contributed by atoms with E-state index in [0.717, 1.165) is 0 Å². The quantitative estimate of drug-likeness (QED) is 0.105. The predicted octanol–water partition coefficient (Wildman–Crippen LogP) is 13.7. The molecule has 0 amide bonds. The monoisotopic (exact) mass is 951 g/mol. The molecule has 311 valence electrons. The molecular weight excluding hydrogens is 895 g/mol. The Bertz CT molecular complexity index is 2600. The van der Waals surface area contributed by atoms with E-state index in [4.69, 9.17) is 0 Å². The third kappa shape index (κ3) is 10.4. The Morgan fingerprint density at radius 1 is 0.339 bits per heavy atom. The third-order valence-corrected chi connectivity index (χ3v) is 17.3. The Balaban J connectivity index is 0.000000422. The molecule has 9 aromatic rings. The maximum absolute atomic E-state index is 4.57. The summed E-state index contributed by atoms with van der Waals surface area (Å²) in [4.78, 5) is 0. The fourth-order valence-corrected chi connectivity index (χ4v) is 13.7. The summed E-state index contributed by atoms with van der Waals surface area (Å²) in [5.41, 5.74) is 10.7. The first-order chi connectivity index (χ1) is 30.1. The van der Waals surface area contributed by atoms with Crippen LogP contribution in [0.15, 0.2) is 194 Å². The summed E-state index contributed by atoms with van der Waals surface area (Å²) in [6, 6.07) is 73.7. The van der Waals surface area contributed by atoms with E-state index in [0.29, 0.717) is 5.92 Å². The molecule has 0 aromatic heterocycles. The van der Waals surface area contributed by atoms with E-state index in [-0.39, 0.29) is 0 Å². The molecule has 4 heteroatoms. The van der Waals surface area contributed by atoms with Gasteiger partial charge in [0.1, 0.15) is 31.8 Å². The summed E-state index contributed by atoms with van der Waals surface area (Å²) in [5, 5.41) is 13.7. The predicted molar refractivity (Wildman–Crippen MR) is 277 cm³/mol. The van der Waals surface area contributed by atoms with Gasteiger partial charge in [-0.15, -0.1) is 0 Å². The number of benzene rings is 9. The molecule has 0 nitrogen and oxygen atoms in total. The molecule has 0 aliphatic carbocycles. The molecule has 0 radical (unpaired) electrons.